The predicted octanol–water partition coefficient (Wildman–Crippen LogP) is 0.734. The third kappa shape index (κ3) is 3.54. The van der Waals surface area contributed by atoms with Gasteiger partial charge in [-0.25, -0.2) is 13.1 Å². The third-order valence-corrected chi connectivity index (χ3v) is 3.66. The smallest absolute Gasteiger partial charge is 0.251 e. The van der Waals surface area contributed by atoms with Crippen molar-refractivity contribution in [1.82, 2.24) is 10.0 Å². The average molecular weight is 256 g/mol. The molecule has 0 fully saturated rings. The summed E-state index contributed by atoms with van der Waals surface area (Å²) >= 11 is 0. The highest BCUT2D eigenvalue weighted by atomic mass is 32.2. The Labute approximate surface area is 101 Å². The zero-order chi connectivity index (χ0) is 12.9. The Balaban J connectivity index is 2.92. The molecule has 5 nitrogen and oxygen atoms in total. The van der Waals surface area contributed by atoms with Gasteiger partial charge < -0.3 is 5.32 Å². The first-order chi connectivity index (χ1) is 8.01. The first-order valence-electron chi connectivity index (χ1n) is 5.39. The molecule has 0 aliphatic rings. The van der Waals surface area contributed by atoms with Crippen LogP contribution in [0.25, 0.3) is 0 Å². The highest BCUT2D eigenvalue weighted by Crippen LogP contribution is 2.10. The molecule has 0 saturated carbocycles. The molecule has 0 spiro atoms. The van der Waals surface area contributed by atoms with E-state index in [0.717, 1.165) is 0 Å². The van der Waals surface area contributed by atoms with Crippen molar-refractivity contribution in [2.24, 2.45) is 0 Å². The third-order valence-electron chi connectivity index (χ3n) is 2.10. The number of sulfonamides is 1. The molecule has 0 aromatic heterocycles. The quantitative estimate of drug-likeness (QED) is 0.815. The SMILES string of the molecule is CCNC(=O)c1ccc(S(=O)(=O)NCC)cc1. The van der Waals surface area contributed by atoms with Crippen LogP contribution in [0.15, 0.2) is 29.2 Å². The summed E-state index contributed by atoms with van der Waals surface area (Å²) in [6.45, 7) is 4.40. The summed E-state index contributed by atoms with van der Waals surface area (Å²) in [4.78, 5) is 11.6. The van der Waals surface area contributed by atoms with E-state index in [9.17, 15) is 13.2 Å². The fraction of sp³-hybridized carbons (Fsp3) is 0.364. The molecule has 1 aromatic rings. The molecular formula is C11H16N2O3S. The lowest BCUT2D eigenvalue weighted by Crippen LogP contribution is -2.24. The van der Waals surface area contributed by atoms with E-state index >= 15 is 0 Å². The van der Waals surface area contributed by atoms with Gasteiger partial charge in [-0.2, -0.15) is 0 Å². The molecule has 0 saturated heterocycles. The summed E-state index contributed by atoms with van der Waals surface area (Å²) in [5.74, 6) is -0.208. The Hall–Kier alpha value is -1.40. The fourth-order valence-electron chi connectivity index (χ4n) is 1.32. The van der Waals surface area contributed by atoms with Crippen LogP contribution in [0.5, 0.6) is 0 Å². The van der Waals surface area contributed by atoms with Gasteiger partial charge in [-0.1, -0.05) is 6.92 Å². The van der Waals surface area contributed by atoms with E-state index in [4.69, 9.17) is 0 Å². The van der Waals surface area contributed by atoms with Gasteiger partial charge in [-0.05, 0) is 31.2 Å². The van der Waals surface area contributed by atoms with Crippen LogP contribution in [0.4, 0.5) is 0 Å². The molecule has 17 heavy (non-hydrogen) atoms. The normalized spacial score (nSPS) is 11.2. The van der Waals surface area contributed by atoms with Crippen molar-refractivity contribution in [3.8, 4) is 0 Å². The van der Waals surface area contributed by atoms with Crippen LogP contribution in [0.3, 0.4) is 0 Å². The minimum Gasteiger partial charge on any atom is -0.352 e. The molecule has 0 bridgehead atoms. The molecule has 0 atom stereocenters. The highest BCUT2D eigenvalue weighted by molar-refractivity contribution is 7.89. The average Bonchev–Trinajstić information content (AvgIpc) is 2.29. The van der Waals surface area contributed by atoms with Crippen LogP contribution in [-0.4, -0.2) is 27.4 Å². The van der Waals surface area contributed by atoms with Gasteiger partial charge in [-0.3, -0.25) is 4.79 Å². The first-order valence-corrected chi connectivity index (χ1v) is 6.87. The van der Waals surface area contributed by atoms with Gasteiger partial charge in [-0.15, -0.1) is 0 Å². The highest BCUT2D eigenvalue weighted by Gasteiger charge is 2.13. The molecule has 1 rings (SSSR count). The largest absolute Gasteiger partial charge is 0.352 e. The Morgan fingerprint density at radius 3 is 2.18 bits per heavy atom. The molecule has 94 valence electrons. The lowest BCUT2D eigenvalue weighted by molar-refractivity contribution is 0.0955. The van der Waals surface area contributed by atoms with E-state index < -0.39 is 10.0 Å². The van der Waals surface area contributed by atoms with Crippen LogP contribution in [0.1, 0.15) is 24.2 Å². The van der Waals surface area contributed by atoms with Crippen molar-refractivity contribution >= 4 is 15.9 Å². The molecule has 1 aromatic carbocycles. The van der Waals surface area contributed by atoms with E-state index in [2.05, 4.69) is 10.0 Å². The van der Waals surface area contributed by atoms with Gasteiger partial charge >= 0.3 is 0 Å². The van der Waals surface area contributed by atoms with E-state index in [1.165, 1.54) is 24.3 Å². The molecule has 0 aliphatic carbocycles. The predicted molar refractivity (Wildman–Crippen MR) is 65.3 cm³/mol. The number of nitrogens with one attached hydrogen (secondary N) is 2. The Kier molecular flexibility index (Phi) is 4.65. The van der Waals surface area contributed by atoms with Crippen molar-refractivity contribution in [2.75, 3.05) is 13.1 Å². The van der Waals surface area contributed by atoms with E-state index in [1.807, 2.05) is 6.92 Å². The molecule has 1 amide bonds. The van der Waals surface area contributed by atoms with Gasteiger partial charge in [0.15, 0.2) is 0 Å². The van der Waals surface area contributed by atoms with E-state index in [1.54, 1.807) is 6.92 Å². The summed E-state index contributed by atoms with van der Waals surface area (Å²) in [6.07, 6.45) is 0. The lowest BCUT2D eigenvalue weighted by atomic mass is 10.2. The molecule has 6 heteroatoms. The van der Waals surface area contributed by atoms with Gasteiger partial charge in [0.1, 0.15) is 0 Å². The van der Waals surface area contributed by atoms with Gasteiger partial charge in [0, 0.05) is 18.7 Å². The fourth-order valence-corrected chi connectivity index (χ4v) is 2.36. The van der Waals surface area contributed by atoms with Crippen LogP contribution >= 0.6 is 0 Å². The summed E-state index contributed by atoms with van der Waals surface area (Å²) in [5, 5.41) is 2.64. The number of hydrogen-bond donors (Lipinski definition) is 2. The zero-order valence-corrected chi connectivity index (χ0v) is 10.7. The summed E-state index contributed by atoms with van der Waals surface area (Å²) < 4.78 is 25.6. The molecule has 0 radical (unpaired) electrons. The van der Waals surface area contributed by atoms with Crippen LogP contribution < -0.4 is 10.0 Å². The van der Waals surface area contributed by atoms with Crippen LogP contribution in [-0.2, 0) is 10.0 Å². The monoisotopic (exact) mass is 256 g/mol. The number of benzene rings is 1. The maximum absolute atomic E-state index is 11.6. The topological polar surface area (TPSA) is 75.3 Å². The summed E-state index contributed by atoms with van der Waals surface area (Å²) in [6, 6.07) is 5.83. The minimum atomic E-state index is -3.45. The first kappa shape index (κ1) is 13.7. The summed E-state index contributed by atoms with van der Waals surface area (Å²) in [5.41, 5.74) is 0.447. The number of carbonyl (C=O) groups is 1. The van der Waals surface area contributed by atoms with Gasteiger partial charge in [0.2, 0.25) is 10.0 Å². The molecular weight excluding hydrogens is 240 g/mol. The Bertz CT molecular complexity index is 480. The van der Waals surface area contributed by atoms with E-state index in [0.29, 0.717) is 18.7 Å². The van der Waals surface area contributed by atoms with Gasteiger partial charge in [0.25, 0.3) is 5.91 Å². The van der Waals surface area contributed by atoms with Crippen molar-refractivity contribution in [2.45, 2.75) is 18.7 Å². The zero-order valence-electron chi connectivity index (χ0n) is 9.86. The second-order valence-corrected chi connectivity index (χ2v) is 5.15. The summed E-state index contributed by atoms with van der Waals surface area (Å²) in [7, 11) is -3.45. The second kappa shape index (κ2) is 5.79. The number of rotatable bonds is 5. The van der Waals surface area contributed by atoms with Crippen molar-refractivity contribution in [1.29, 1.82) is 0 Å². The maximum atomic E-state index is 11.6. The van der Waals surface area contributed by atoms with E-state index in [-0.39, 0.29) is 10.8 Å². The van der Waals surface area contributed by atoms with Crippen LogP contribution in [0, 0.1) is 0 Å². The Morgan fingerprint density at radius 2 is 1.71 bits per heavy atom. The minimum absolute atomic E-state index is 0.160. The number of amides is 1. The van der Waals surface area contributed by atoms with Crippen molar-refractivity contribution in [3.63, 3.8) is 0 Å². The lowest BCUT2D eigenvalue weighted by Gasteiger charge is -2.06. The Morgan fingerprint density at radius 1 is 1.12 bits per heavy atom. The maximum Gasteiger partial charge on any atom is 0.251 e. The number of hydrogen-bond acceptors (Lipinski definition) is 3. The van der Waals surface area contributed by atoms with Crippen molar-refractivity contribution < 1.29 is 13.2 Å². The number of carbonyl (C=O) groups excluding carboxylic acids is 1. The van der Waals surface area contributed by atoms with Crippen molar-refractivity contribution in [3.05, 3.63) is 29.8 Å². The second-order valence-electron chi connectivity index (χ2n) is 3.39. The molecule has 0 aliphatic heterocycles. The van der Waals surface area contributed by atoms with Gasteiger partial charge in [0.05, 0.1) is 4.90 Å². The molecule has 2 N–H and O–H groups in total. The molecule has 0 heterocycles. The standard InChI is InChI=1S/C11H16N2O3S/c1-3-12-11(14)9-5-7-10(8-6-9)17(15,16)13-4-2/h5-8,13H,3-4H2,1-2H3,(H,12,14). The van der Waals surface area contributed by atoms with Crippen LogP contribution in [0.2, 0.25) is 0 Å². The molecule has 0 unspecified atom stereocenters.